The molecule has 0 fully saturated rings. The van der Waals surface area contributed by atoms with Gasteiger partial charge in [0.05, 0.1) is 0 Å². The molecule has 1 aromatic rings. The van der Waals surface area contributed by atoms with E-state index < -0.39 is 11.7 Å². The maximum atomic E-state index is 12.2. The summed E-state index contributed by atoms with van der Waals surface area (Å²) < 4.78 is 36.7. The Labute approximate surface area is 83.6 Å². The predicted molar refractivity (Wildman–Crippen MR) is 45.6 cm³/mol. The maximum absolute atomic E-state index is 12.2. The molecule has 0 amide bonds. The van der Waals surface area contributed by atoms with Crippen molar-refractivity contribution in [3.05, 3.63) is 35.4 Å². The van der Waals surface area contributed by atoms with Gasteiger partial charge in [-0.3, -0.25) is 0 Å². The number of hydrogen-bond donors (Lipinski definition) is 0. The zero-order valence-corrected chi connectivity index (χ0v) is 8.84. The van der Waals surface area contributed by atoms with Crippen LogP contribution in [-0.4, -0.2) is 16.9 Å². The fraction of sp³-hybridized carbons (Fsp3) is 0.333. The van der Waals surface area contributed by atoms with E-state index in [0.717, 1.165) is 6.07 Å². The molecular weight excluding hydrogens is 240 g/mol. The van der Waals surface area contributed by atoms with Crippen molar-refractivity contribution in [2.45, 2.75) is 17.8 Å². The Bertz CT molecular complexity index is 291. The molecule has 1 aromatic carbocycles. The summed E-state index contributed by atoms with van der Waals surface area (Å²) in [5, 5.41) is 0. The Balaban J connectivity index is 3.06. The average Bonchev–Trinajstić information content (AvgIpc) is 2.03. The van der Waals surface area contributed by atoms with Crippen LogP contribution in [0.15, 0.2) is 24.3 Å². The van der Waals surface area contributed by atoms with Gasteiger partial charge in [0.25, 0.3) is 0 Å². The van der Waals surface area contributed by atoms with Crippen molar-refractivity contribution in [3.63, 3.8) is 0 Å². The van der Waals surface area contributed by atoms with Gasteiger partial charge in [0.1, 0.15) is 0 Å². The molecule has 13 heavy (non-hydrogen) atoms. The SMILES string of the molecule is C[C@H]([As])c1cccc(C(F)(F)F)c1. The second-order valence-corrected chi connectivity index (χ2v) is 4.42. The van der Waals surface area contributed by atoms with Crippen LogP contribution in [0.5, 0.6) is 0 Å². The summed E-state index contributed by atoms with van der Waals surface area (Å²) in [6, 6.07) is 5.39. The third kappa shape index (κ3) is 2.77. The van der Waals surface area contributed by atoms with Crippen molar-refractivity contribution >= 4 is 16.9 Å². The molecule has 70 valence electrons. The Kier molecular flexibility index (Phi) is 3.07. The molecule has 1 rings (SSSR count). The molecular formula is C9H8AsF3. The molecule has 2 radical (unpaired) electrons. The summed E-state index contributed by atoms with van der Waals surface area (Å²) in [5.74, 6) is 0. The van der Waals surface area contributed by atoms with Crippen LogP contribution in [-0.2, 0) is 6.18 Å². The monoisotopic (exact) mass is 248 g/mol. The molecule has 0 aliphatic heterocycles. The van der Waals surface area contributed by atoms with Crippen molar-refractivity contribution in [3.8, 4) is 0 Å². The second kappa shape index (κ2) is 3.75. The topological polar surface area (TPSA) is 0 Å². The van der Waals surface area contributed by atoms with Gasteiger partial charge in [-0.25, -0.2) is 0 Å². The summed E-state index contributed by atoms with van der Waals surface area (Å²) in [6.45, 7) is 1.84. The zero-order chi connectivity index (χ0) is 10.1. The van der Waals surface area contributed by atoms with E-state index >= 15 is 0 Å². The molecule has 1 atom stereocenters. The van der Waals surface area contributed by atoms with E-state index in [9.17, 15) is 13.2 Å². The van der Waals surface area contributed by atoms with Crippen LogP contribution < -0.4 is 0 Å². The quantitative estimate of drug-likeness (QED) is 0.670. The van der Waals surface area contributed by atoms with Crippen molar-refractivity contribution in [1.82, 2.24) is 0 Å². The second-order valence-electron chi connectivity index (χ2n) is 2.80. The Hall–Kier alpha value is -0.432. The fourth-order valence-corrected chi connectivity index (χ4v) is 1.31. The van der Waals surface area contributed by atoms with Gasteiger partial charge < -0.3 is 0 Å². The molecule has 0 saturated carbocycles. The van der Waals surface area contributed by atoms with E-state index in [1.165, 1.54) is 12.1 Å². The standard InChI is InChI=1S/C9H8AsF3/c1-6(10)7-3-2-4-8(5-7)9(11,12)13/h2-6H,1H3/t6-/m0/s1. The van der Waals surface area contributed by atoms with Crippen LogP contribution in [0.4, 0.5) is 13.2 Å². The number of alkyl halides is 3. The number of hydrogen-bond acceptors (Lipinski definition) is 0. The first-order valence-electron chi connectivity index (χ1n) is 3.76. The molecule has 0 nitrogen and oxygen atoms in total. The van der Waals surface area contributed by atoms with E-state index in [4.69, 9.17) is 0 Å². The molecule has 0 heterocycles. The first-order chi connectivity index (χ1) is 5.91. The van der Waals surface area contributed by atoms with Crippen molar-refractivity contribution in [1.29, 1.82) is 0 Å². The van der Waals surface area contributed by atoms with Crippen molar-refractivity contribution in [2.75, 3.05) is 0 Å². The van der Waals surface area contributed by atoms with E-state index in [1.807, 2.05) is 6.92 Å². The number of benzene rings is 1. The molecule has 0 saturated heterocycles. The summed E-state index contributed by atoms with van der Waals surface area (Å²) in [4.78, 5) is 0. The normalized spacial score (nSPS) is 14.2. The zero-order valence-electron chi connectivity index (χ0n) is 6.97. The van der Waals surface area contributed by atoms with Gasteiger partial charge in [0, 0.05) is 0 Å². The minimum atomic E-state index is -4.24. The van der Waals surface area contributed by atoms with Crippen LogP contribution in [0, 0.1) is 0 Å². The minimum absolute atomic E-state index is 0.0646. The van der Waals surface area contributed by atoms with Gasteiger partial charge in [0.15, 0.2) is 0 Å². The van der Waals surface area contributed by atoms with E-state index in [0.29, 0.717) is 5.56 Å². The van der Waals surface area contributed by atoms with Gasteiger partial charge in [-0.15, -0.1) is 0 Å². The van der Waals surface area contributed by atoms with Crippen molar-refractivity contribution < 1.29 is 13.2 Å². The van der Waals surface area contributed by atoms with Crippen LogP contribution in [0.3, 0.4) is 0 Å². The summed E-state index contributed by atoms with van der Waals surface area (Å²) >= 11 is 2.32. The summed E-state index contributed by atoms with van der Waals surface area (Å²) in [6.07, 6.45) is -4.24. The molecule has 0 bridgehead atoms. The van der Waals surface area contributed by atoms with Crippen LogP contribution in [0.1, 0.15) is 22.8 Å². The number of halogens is 3. The van der Waals surface area contributed by atoms with Gasteiger partial charge in [-0.05, 0) is 0 Å². The molecule has 4 heteroatoms. The average molecular weight is 248 g/mol. The summed E-state index contributed by atoms with van der Waals surface area (Å²) in [7, 11) is 0. The van der Waals surface area contributed by atoms with Gasteiger partial charge in [-0.2, -0.15) is 0 Å². The Morgan fingerprint density at radius 3 is 2.38 bits per heavy atom. The van der Waals surface area contributed by atoms with E-state index in [-0.39, 0.29) is 4.71 Å². The van der Waals surface area contributed by atoms with E-state index in [2.05, 4.69) is 16.9 Å². The van der Waals surface area contributed by atoms with Gasteiger partial charge in [0.2, 0.25) is 0 Å². The Morgan fingerprint density at radius 2 is 1.92 bits per heavy atom. The van der Waals surface area contributed by atoms with Crippen LogP contribution in [0.25, 0.3) is 0 Å². The Morgan fingerprint density at radius 1 is 1.31 bits per heavy atom. The molecule has 0 spiro atoms. The van der Waals surface area contributed by atoms with Crippen LogP contribution in [0.2, 0.25) is 0 Å². The molecule has 0 aliphatic carbocycles. The molecule has 0 aromatic heterocycles. The number of rotatable bonds is 1. The molecule has 0 aliphatic rings. The molecule has 0 unspecified atom stereocenters. The van der Waals surface area contributed by atoms with Gasteiger partial charge in [-0.1, -0.05) is 0 Å². The van der Waals surface area contributed by atoms with Gasteiger partial charge >= 0.3 is 83.2 Å². The third-order valence-corrected chi connectivity index (χ3v) is 2.32. The summed E-state index contributed by atoms with van der Waals surface area (Å²) in [5.41, 5.74) is 0.109. The van der Waals surface area contributed by atoms with Crippen LogP contribution >= 0.6 is 0 Å². The van der Waals surface area contributed by atoms with Crippen molar-refractivity contribution in [2.24, 2.45) is 0 Å². The van der Waals surface area contributed by atoms with E-state index in [1.54, 1.807) is 6.07 Å². The first-order valence-corrected chi connectivity index (χ1v) is 4.85. The molecule has 0 N–H and O–H groups in total. The third-order valence-electron chi connectivity index (χ3n) is 1.70. The predicted octanol–water partition coefficient (Wildman–Crippen LogP) is 2.93. The fourth-order valence-electron chi connectivity index (χ4n) is 0.975. The first kappa shape index (κ1) is 10.6.